The first-order chi connectivity index (χ1) is 14.0. The second kappa shape index (κ2) is 9.30. The van der Waals surface area contributed by atoms with Gasteiger partial charge in [0.15, 0.2) is 11.6 Å². The van der Waals surface area contributed by atoms with Gasteiger partial charge in [-0.15, -0.1) is 11.3 Å². The Balaban J connectivity index is 1.74. The van der Waals surface area contributed by atoms with Crippen molar-refractivity contribution in [2.75, 3.05) is 25.5 Å². The maximum absolute atomic E-state index is 12.6. The lowest BCUT2D eigenvalue weighted by Gasteiger charge is -2.11. The van der Waals surface area contributed by atoms with Crippen molar-refractivity contribution in [1.29, 1.82) is 0 Å². The van der Waals surface area contributed by atoms with Crippen molar-refractivity contribution in [1.82, 2.24) is 15.5 Å². The molecule has 9 nitrogen and oxygen atoms in total. The summed E-state index contributed by atoms with van der Waals surface area (Å²) in [6, 6.07) is 6.20. The number of anilines is 1. The van der Waals surface area contributed by atoms with Crippen molar-refractivity contribution in [3.05, 3.63) is 45.8 Å². The summed E-state index contributed by atoms with van der Waals surface area (Å²) in [5.41, 5.74) is 6.64. The van der Waals surface area contributed by atoms with Crippen LogP contribution in [-0.2, 0) is 0 Å². The van der Waals surface area contributed by atoms with E-state index in [-0.39, 0.29) is 22.9 Å². The molecule has 0 atom stereocenters. The second-order valence-corrected chi connectivity index (χ2v) is 7.16. The maximum atomic E-state index is 12.6. The van der Waals surface area contributed by atoms with E-state index >= 15 is 0 Å². The van der Waals surface area contributed by atoms with Gasteiger partial charge in [-0.25, -0.2) is 4.98 Å². The first-order valence-corrected chi connectivity index (χ1v) is 9.76. The van der Waals surface area contributed by atoms with Crippen molar-refractivity contribution in [2.45, 2.75) is 13.3 Å². The Bertz CT molecular complexity index is 1010. The number of aromatic nitrogens is 2. The molecule has 2 heterocycles. The molecule has 0 fully saturated rings. The lowest BCUT2D eigenvalue weighted by molar-refractivity contribution is 0.0950. The molecule has 0 saturated carbocycles. The van der Waals surface area contributed by atoms with Gasteiger partial charge in [0.25, 0.3) is 11.8 Å². The van der Waals surface area contributed by atoms with Gasteiger partial charge in [-0.3, -0.25) is 9.59 Å². The van der Waals surface area contributed by atoms with E-state index in [4.69, 9.17) is 15.0 Å². The lowest BCUT2D eigenvalue weighted by atomic mass is 10.1. The van der Waals surface area contributed by atoms with Gasteiger partial charge < -0.3 is 25.6 Å². The molecule has 3 aromatic rings. The highest BCUT2D eigenvalue weighted by molar-refractivity contribution is 7.09. The molecule has 152 valence electrons. The molecule has 0 spiro atoms. The Morgan fingerprint density at radius 2 is 2.10 bits per heavy atom. The summed E-state index contributed by atoms with van der Waals surface area (Å²) in [4.78, 5) is 29.3. The summed E-state index contributed by atoms with van der Waals surface area (Å²) in [6.07, 6.45) is 0.654. The standard InChI is InChI=1S/C19H21N5O4S/c1-11-22-14(10-29-11)16-9-17(24-28-16)23-18(25)12-4-5-15(27-2)13(8-12)19(26)21-7-3-6-20/h4-5,8-10H,3,6-7,20H2,1-2H3,(H,21,26)(H,23,24,25). The number of benzene rings is 1. The third-order valence-electron chi connectivity index (χ3n) is 4.00. The first-order valence-electron chi connectivity index (χ1n) is 8.88. The fourth-order valence-corrected chi connectivity index (χ4v) is 3.15. The number of carbonyl (C=O) groups excluding carboxylic acids is 2. The highest BCUT2D eigenvalue weighted by atomic mass is 32.1. The van der Waals surface area contributed by atoms with Crippen LogP contribution >= 0.6 is 11.3 Å². The predicted octanol–water partition coefficient (Wildman–Crippen LogP) is 2.45. The minimum atomic E-state index is -0.432. The monoisotopic (exact) mass is 415 g/mol. The topological polar surface area (TPSA) is 132 Å². The van der Waals surface area contributed by atoms with E-state index in [2.05, 4.69) is 20.8 Å². The zero-order valence-electron chi connectivity index (χ0n) is 16.0. The van der Waals surface area contributed by atoms with Crippen LogP contribution in [0.5, 0.6) is 5.75 Å². The number of hydrogen-bond acceptors (Lipinski definition) is 8. The quantitative estimate of drug-likeness (QED) is 0.481. The zero-order chi connectivity index (χ0) is 20.8. The summed E-state index contributed by atoms with van der Waals surface area (Å²) >= 11 is 1.49. The number of amides is 2. The Labute approximate surface area is 171 Å². The molecule has 0 radical (unpaired) electrons. The molecule has 1 aromatic carbocycles. The van der Waals surface area contributed by atoms with Crippen LogP contribution in [0.3, 0.4) is 0 Å². The zero-order valence-corrected chi connectivity index (χ0v) is 16.8. The number of rotatable bonds is 8. The highest BCUT2D eigenvalue weighted by Crippen LogP contribution is 2.25. The molecule has 0 saturated heterocycles. The molecule has 2 amide bonds. The molecule has 0 aliphatic carbocycles. The third kappa shape index (κ3) is 4.98. The summed E-state index contributed by atoms with van der Waals surface area (Å²) < 4.78 is 10.5. The van der Waals surface area contributed by atoms with Crippen LogP contribution in [0.1, 0.15) is 32.1 Å². The van der Waals surface area contributed by atoms with Gasteiger partial charge in [0.05, 0.1) is 17.7 Å². The SMILES string of the molecule is COc1ccc(C(=O)Nc2cc(-c3csc(C)n3)on2)cc1C(=O)NCCCN. The number of thiazole rings is 1. The van der Waals surface area contributed by atoms with Crippen LogP contribution < -0.4 is 21.1 Å². The van der Waals surface area contributed by atoms with Crippen LogP contribution in [0.25, 0.3) is 11.5 Å². The minimum Gasteiger partial charge on any atom is -0.496 e. The fourth-order valence-electron chi connectivity index (χ4n) is 2.55. The Morgan fingerprint density at radius 3 is 2.79 bits per heavy atom. The number of ether oxygens (including phenoxy) is 1. The Hall–Kier alpha value is -3.24. The van der Waals surface area contributed by atoms with Gasteiger partial charge in [-0.1, -0.05) is 5.16 Å². The molecule has 0 aliphatic rings. The average Bonchev–Trinajstić information content (AvgIpc) is 3.36. The van der Waals surface area contributed by atoms with E-state index in [1.165, 1.54) is 24.5 Å². The summed E-state index contributed by atoms with van der Waals surface area (Å²) in [6.45, 7) is 2.80. The van der Waals surface area contributed by atoms with Crippen molar-refractivity contribution >= 4 is 29.0 Å². The van der Waals surface area contributed by atoms with Crippen molar-refractivity contribution in [3.8, 4) is 17.2 Å². The molecule has 4 N–H and O–H groups in total. The Kier molecular flexibility index (Phi) is 6.57. The number of aryl methyl sites for hydroxylation is 1. The van der Waals surface area contributed by atoms with E-state index in [1.54, 1.807) is 18.2 Å². The molecule has 2 aromatic heterocycles. The number of methoxy groups -OCH3 is 1. The number of nitrogens with two attached hydrogens (primary N) is 1. The number of carbonyl (C=O) groups is 2. The van der Waals surface area contributed by atoms with Crippen molar-refractivity contribution < 1.29 is 18.8 Å². The van der Waals surface area contributed by atoms with Gasteiger partial charge in [-0.2, -0.15) is 0 Å². The van der Waals surface area contributed by atoms with Crippen LogP contribution in [0, 0.1) is 6.92 Å². The molecular formula is C19H21N5O4S. The molecule has 0 bridgehead atoms. The fraction of sp³-hybridized carbons (Fsp3) is 0.263. The van der Waals surface area contributed by atoms with E-state index < -0.39 is 5.91 Å². The van der Waals surface area contributed by atoms with Crippen molar-refractivity contribution in [2.24, 2.45) is 5.73 Å². The summed E-state index contributed by atoms with van der Waals surface area (Å²) in [7, 11) is 1.46. The molecule has 29 heavy (non-hydrogen) atoms. The second-order valence-electron chi connectivity index (χ2n) is 6.10. The largest absolute Gasteiger partial charge is 0.496 e. The third-order valence-corrected chi connectivity index (χ3v) is 4.77. The molecular weight excluding hydrogens is 394 g/mol. The van der Waals surface area contributed by atoms with Gasteiger partial charge in [0, 0.05) is 23.6 Å². The Morgan fingerprint density at radius 1 is 1.28 bits per heavy atom. The summed E-state index contributed by atoms with van der Waals surface area (Å²) in [5.74, 6) is 0.305. The first kappa shape index (κ1) is 20.5. The number of nitrogens with zero attached hydrogens (tertiary/aromatic N) is 2. The van der Waals surface area contributed by atoms with Crippen LogP contribution in [0.15, 0.2) is 34.2 Å². The summed E-state index contributed by atoms with van der Waals surface area (Å²) in [5, 5.41) is 12.0. The normalized spacial score (nSPS) is 10.6. The van der Waals surface area contributed by atoms with Crippen LogP contribution in [0.4, 0.5) is 5.82 Å². The van der Waals surface area contributed by atoms with Crippen molar-refractivity contribution in [3.63, 3.8) is 0 Å². The number of nitrogens with one attached hydrogen (secondary N) is 2. The van der Waals surface area contributed by atoms with Gasteiger partial charge in [-0.05, 0) is 38.1 Å². The van der Waals surface area contributed by atoms with E-state index in [1.807, 2.05) is 12.3 Å². The van der Waals surface area contributed by atoms with Gasteiger partial charge in [0.1, 0.15) is 11.4 Å². The van der Waals surface area contributed by atoms with Crippen LogP contribution in [-0.4, -0.2) is 42.2 Å². The highest BCUT2D eigenvalue weighted by Gasteiger charge is 2.17. The maximum Gasteiger partial charge on any atom is 0.256 e. The minimum absolute atomic E-state index is 0.250. The van der Waals surface area contributed by atoms with Gasteiger partial charge >= 0.3 is 0 Å². The van der Waals surface area contributed by atoms with Crippen LogP contribution in [0.2, 0.25) is 0 Å². The molecule has 3 rings (SSSR count). The smallest absolute Gasteiger partial charge is 0.256 e. The van der Waals surface area contributed by atoms with E-state index in [0.717, 1.165) is 5.01 Å². The average molecular weight is 415 g/mol. The molecule has 0 unspecified atom stereocenters. The number of hydrogen-bond donors (Lipinski definition) is 3. The molecule has 10 heteroatoms. The van der Waals surface area contributed by atoms with Gasteiger partial charge in [0.2, 0.25) is 0 Å². The van der Waals surface area contributed by atoms with E-state index in [0.29, 0.717) is 36.7 Å². The molecule has 0 aliphatic heterocycles. The lowest BCUT2D eigenvalue weighted by Crippen LogP contribution is -2.26. The predicted molar refractivity (Wildman–Crippen MR) is 109 cm³/mol. The van der Waals surface area contributed by atoms with E-state index in [9.17, 15) is 9.59 Å².